The van der Waals surface area contributed by atoms with Crippen LogP contribution in [0.15, 0.2) is 42.5 Å². The number of methoxy groups -OCH3 is 1. The summed E-state index contributed by atoms with van der Waals surface area (Å²) in [6.45, 7) is 0. The molecular formula is C15H12N2O2S. The molecule has 0 radical (unpaired) electrons. The van der Waals surface area contributed by atoms with Crippen molar-refractivity contribution in [3.63, 3.8) is 0 Å². The second-order valence-electron chi connectivity index (χ2n) is 4.25. The maximum absolute atomic E-state index is 11.6. The van der Waals surface area contributed by atoms with Gasteiger partial charge in [0.25, 0.3) is 0 Å². The van der Waals surface area contributed by atoms with Crippen LogP contribution in [0.4, 0.5) is 5.69 Å². The zero-order valence-electron chi connectivity index (χ0n) is 10.8. The van der Waals surface area contributed by atoms with Gasteiger partial charge in [0, 0.05) is 10.9 Å². The van der Waals surface area contributed by atoms with E-state index in [-0.39, 0.29) is 0 Å². The summed E-state index contributed by atoms with van der Waals surface area (Å²) in [5, 5.41) is 0.787. The zero-order chi connectivity index (χ0) is 14.1. The van der Waals surface area contributed by atoms with Crippen molar-refractivity contribution in [3.8, 4) is 11.3 Å². The number of fused-ring (bicyclic) bond motifs is 1. The van der Waals surface area contributed by atoms with Gasteiger partial charge < -0.3 is 10.5 Å². The Morgan fingerprint density at radius 1 is 1.20 bits per heavy atom. The molecule has 1 aromatic carbocycles. The molecule has 0 atom stereocenters. The second kappa shape index (κ2) is 4.94. The molecule has 0 saturated heterocycles. The van der Waals surface area contributed by atoms with Gasteiger partial charge in [-0.05, 0) is 12.1 Å². The van der Waals surface area contributed by atoms with Crippen molar-refractivity contribution in [1.82, 2.24) is 4.98 Å². The van der Waals surface area contributed by atoms with Crippen LogP contribution >= 0.6 is 11.3 Å². The van der Waals surface area contributed by atoms with Crippen LogP contribution in [0, 0.1) is 0 Å². The maximum atomic E-state index is 11.6. The lowest BCUT2D eigenvalue weighted by molar-refractivity contribution is 0.0607. The highest BCUT2D eigenvalue weighted by molar-refractivity contribution is 7.21. The van der Waals surface area contributed by atoms with Gasteiger partial charge in [0.2, 0.25) is 0 Å². The first-order valence-corrected chi connectivity index (χ1v) is 6.85. The minimum absolute atomic E-state index is 0.403. The Morgan fingerprint density at radius 2 is 1.95 bits per heavy atom. The Kier molecular flexibility index (Phi) is 3.12. The summed E-state index contributed by atoms with van der Waals surface area (Å²) in [5.41, 5.74) is 8.29. The Labute approximate surface area is 119 Å². The van der Waals surface area contributed by atoms with Crippen molar-refractivity contribution in [2.45, 2.75) is 0 Å². The molecule has 0 aliphatic carbocycles. The number of carbonyl (C=O) groups is 1. The number of esters is 1. The lowest BCUT2D eigenvalue weighted by Gasteiger charge is -2.00. The van der Waals surface area contributed by atoms with Gasteiger partial charge in [0.05, 0.1) is 18.5 Å². The van der Waals surface area contributed by atoms with Crippen molar-refractivity contribution in [1.29, 1.82) is 0 Å². The third-order valence-corrected chi connectivity index (χ3v) is 4.13. The summed E-state index contributed by atoms with van der Waals surface area (Å²) in [6.07, 6.45) is 0. The number of ether oxygens (including phenoxy) is 1. The van der Waals surface area contributed by atoms with Crippen molar-refractivity contribution in [2.24, 2.45) is 0 Å². The first-order valence-electron chi connectivity index (χ1n) is 6.03. The monoisotopic (exact) mass is 284 g/mol. The molecule has 5 heteroatoms. The number of nitrogens with zero attached hydrogens (tertiary/aromatic N) is 1. The fourth-order valence-corrected chi connectivity index (χ4v) is 3.02. The quantitative estimate of drug-likeness (QED) is 0.733. The molecule has 2 aromatic heterocycles. The molecule has 20 heavy (non-hydrogen) atoms. The lowest BCUT2D eigenvalue weighted by Crippen LogP contribution is -2.01. The highest BCUT2D eigenvalue weighted by Gasteiger charge is 2.17. The molecule has 3 aromatic rings. The zero-order valence-corrected chi connectivity index (χ0v) is 11.6. The molecular weight excluding hydrogens is 272 g/mol. The number of carbonyl (C=O) groups excluding carboxylic acids is 1. The average Bonchev–Trinajstić information content (AvgIpc) is 2.84. The second-order valence-corrected chi connectivity index (χ2v) is 5.25. The molecule has 2 N–H and O–H groups in total. The summed E-state index contributed by atoms with van der Waals surface area (Å²) >= 11 is 1.25. The number of rotatable bonds is 2. The highest BCUT2D eigenvalue weighted by atomic mass is 32.1. The smallest absolute Gasteiger partial charge is 0.350 e. The van der Waals surface area contributed by atoms with Gasteiger partial charge in [-0.3, -0.25) is 0 Å². The van der Waals surface area contributed by atoms with E-state index < -0.39 is 5.97 Å². The number of thiophene rings is 1. The lowest BCUT2D eigenvalue weighted by atomic mass is 10.1. The highest BCUT2D eigenvalue weighted by Crippen LogP contribution is 2.34. The molecule has 3 rings (SSSR count). The van der Waals surface area contributed by atoms with Gasteiger partial charge in [-0.25, -0.2) is 9.78 Å². The molecule has 0 unspecified atom stereocenters. The topological polar surface area (TPSA) is 65.2 Å². The van der Waals surface area contributed by atoms with E-state index in [2.05, 4.69) is 4.98 Å². The summed E-state index contributed by atoms with van der Waals surface area (Å²) in [5.74, 6) is -0.424. The minimum Gasteiger partial charge on any atom is -0.465 e. The molecule has 0 aliphatic rings. The average molecular weight is 284 g/mol. The largest absolute Gasteiger partial charge is 0.465 e. The van der Waals surface area contributed by atoms with Gasteiger partial charge in [-0.15, -0.1) is 11.3 Å². The Hall–Kier alpha value is -2.40. The van der Waals surface area contributed by atoms with E-state index in [9.17, 15) is 4.79 Å². The number of pyridine rings is 1. The van der Waals surface area contributed by atoms with E-state index in [1.807, 2.05) is 42.5 Å². The molecule has 0 spiro atoms. The molecule has 0 saturated carbocycles. The van der Waals surface area contributed by atoms with E-state index in [0.717, 1.165) is 21.5 Å². The summed E-state index contributed by atoms with van der Waals surface area (Å²) in [4.78, 5) is 17.4. The standard InChI is InChI=1S/C15H12N2O2S/c1-19-15(18)13-12(16)10-7-8-11(17-14(10)20-13)9-5-3-2-4-6-9/h2-8H,16H2,1H3. The van der Waals surface area contributed by atoms with E-state index >= 15 is 0 Å². The van der Waals surface area contributed by atoms with Crippen LogP contribution in [0.3, 0.4) is 0 Å². The number of nitrogen functional groups attached to an aromatic ring is 1. The van der Waals surface area contributed by atoms with Crippen LogP contribution in [0.2, 0.25) is 0 Å². The number of nitrogens with two attached hydrogens (primary N) is 1. The fourth-order valence-electron chi connectivity index (χ4n) is 2.01. The third-order valence-electron chi connectivity index (χ3n) is 3.03. The Balaban J connectivity index is 2.15. The van der Waals surface area contributed by atoms with Crippen LogP contribution in [0.1, 0.15) is 9.67 Å². The SMILES string of the molecule is COC(=O)c1sc2nc(-c3ccccc3)ccc2c1N. The summed E-state index contributed by atoms with van der Waals surface area (Å²) in [6, 6.07) is 13.7. The maximum Gasteiger partial charge on any atom is 0.350 e. The molecule has 2 heterocycles. The first-order chi connectivity index (χ1) is 9.70. The molecule has 0 aliphatic heterocycles. The van der Waals surface area contributed by atoms with Gasteiger partial charge in [-0.2, -0.15) is 0 Å². The third kappa shape index (κ3) is 2.02. The van der Waals surface area contributed by atoms with Gasteiger partial charge >= 0.3 is 5.97 Å². The normalized spacial score (nSPS) is 10.7. The molecule has 100 valence electrons. The van der Waals surface area contributed by atoms with Gasteiger partial charge in [-0.1, -0.05) is 30.3 Å². The van der Waals surface area contributed by atoms with Crippen molar-refractivity contribution in [3.05, 3.63) is 47.3 Å². The molecule has 0 bridgehead atoms. The number of hydrogen-bond donors (Lipinski definition) is 1. The van der Waals surface area contributed by atoms with Crippen LogP contribution in [-0.2, 0) is 4.74 Å². The van der Waals surface area contributed by atoms with Crippen molar-refractivity contribution >= 4 is 33.2 Å². The predicted molar refractivity (Wildman–Crippen MR) is 80.8 cm³/mol. The van der Waals surface area contributed by atoms with E-state index in [0.29, 0.717) is 10.6 Å². The molecule has 4 nitrogen and oxygen atoms in total. The van der Waals surface area contributed by atoms with Crippen molar-refractivity contribution < 1.29 is 9.53 Å². The van der Waals surface area contributed by atoms with E-state index in [1.165, 1.54) is 18.4 Å². The number of anilines is 1. The molecule has 0 fully saturated rings. The molecule has 0 amide bonds. The number of hydrogen-bond acceptors (Lipinski definition) is 5. The van der Waals surface area contributed by atoms with Crippen molar-refractivity contribution in [2.75, 3.05) is 12.8 Å². The fraction of sp³-hybridized carbons (Fsp3) is 0.0667. The predicted octanol–water partition coefficient (Wildman–Crippen LogP) is 3.33. The number of benzene rings is 1. The summed E-state index contributed by atoms with van der Waals surface area (Å²) in [7, 11) is 1.34. The van der Waals surface area contributed by atoms with Gasteiger partial charge in [0.1, 0.15) is 9.71 Å². The van der Waals surface area contributed by atoms with E-state index in [4.69, 9.17) is 10.5 Å². The summed E-state index contributed by atoms with van der Waals surface area (Å²) < 4.78 is 4.73. The van der Waals surface area contributed by atoms with Crippen LogP contribution in [0.5, 0.6) is 0 Å². The Morgan fingerprint density at radius 3 is 2.65 bits per heavy atom. The van der Waals surface area contributed by atoms with E-state index in [1.54, 1.807) is 0 Å². The van der Waals surface area contributed by atoms with Gasteiger partial charge in [0.15, 0.2) is 0 Å². The van der Waals surface area contributed by atoms with Crippen LogP contribution < -0.4 is 5.73 Å². The Bertz CT molecular complexity index is 781. The minimum atomic E-state index is -0.424. The first kappa shape index (κ1) is 12.6. The number of aromatic nitrogens is 1. The van der Waals surface area contributed by atoms with Crippen LogP contribution in [0.25, 0.3) is 21.5 Å². The van der Waals surface area contributed by atoms with Crippen LogP contribution in [-0.4, -0.2) is 18.1 Å².